The first kappa shape index (κ1) is 30.1. The van der Waals surface area contributed by atoms with Crippen molar-refractivity contribution in [2.75, 3.05) is 7.11 Å². The molecule has 0 aliphatic heterocycles. The van der Waals surface area contributed by atoms with Crippen LogP contribution in [0.2, 0.25) is 0 Å². The Balaban J connectivity index is 1.86. The minimum Gasteiger partial charge on any atom is -0.493 e. The van der Waals surface area contributed by atoms with Crippen LogP contribution in [-0.4, -0.2) is 41.1 Å². The molecule has 216 valence electrons. The van der Waals surface area contributed by atoms with E-state index < -0.39 is 43.2 Å². The second-order valence-corrected chi connectivity index (χ2v) is 11.4. The number of aromatic nitrogens is 3. The molecule has 2 aromatic carbocycles. The molecule has 4 rings (SSSR count). The van der Waals surface area contributed by atoms with Gasteiger partial charge in [0.2, 0.25) is 20.6 Å². The van der Waals surface area contributed by atoms with E-state index in [1.807, 2.05) is 13.8 Å². The van der Waals surface area contributed by atoms with Crippen LogP contribution in [0.3, 0.4) is 0 Å². The Kier molecular flexibility index (Phi) is 9.18. The molecule has 10 nitrogen and oxygen atoms in total. The molecule has 2 heterocycles. The number of hydrogen-bond donors (Lipinski definition) is 1. The van der Waals surface area contributed by atoms with Gasteiger partial charge in [-0.05, 0) is 54.3 Å². The molecule has 0 saturated heterocycles. The van der Waals surface area contributed by atoms with Gasteiger partial charge in [-0.3, -0.25) is 9.36 Å². The van der Waals surface area contributed by atoms with Crippen LogP contribution in [0, 0.1) is 11.3 Å². The largest absolute Gasteiger partial charge is 0.493 e. The third-order valence-electron chi connectivity index (χ3n) is 6.91. The van der Waals surface area contributed by atoms with E-state index in [4.69, 9.17) is 4.74 Å². The Morgan fingerprint density at radius 1 is 1.12 bits per heavy atom. The molecule has 2 aromatic heterocycles. The highest BCUT2D eigenvalue weighted by Crippen LogP contribution is 2.34. The summed E-state index contributed by atoms with van der Waals surface area (Å²) in [5.41, 5.74) is 1.19. The number of benzene rings is 2. The number of nitrogens with zero attached hydrogens (tertiary/aromatic N) is 4. The predicted octanol–water partition coefficient (Wildman–Crippen LogP) is 4.84. The van der Waals surface area contributed by atoms with Gasteiger partial charge >= 0.3 is 5.97 Å². The van der Waals surface area contributed by atoms with Crippen LogP contribution in [0.4, 0.5) is 0 Å². The third kappa shape index (κ3) is 5.80. The lowest BCUT2D eigenvalue weighted by Gasteiger charge is -2.25. The van der Waals surface area contributed by atoms with Crippen molar-refractivity contribution in [1.82, 2.24) is 14.5 Å². The van der Waals surface area contributed by atoms with Crippen molar-refractivity contribution in [2.24, 2.45) is 0 Å². The molecule has 0 radical (unpaired) electrons. The van der Waals surface area contributed by atoms with Gasteiger partial charge in [-0.15, -0.1) is 0 Å². The first-order valence-corrected chi connectivity index (χ1v) is 14.9. The van der Waals surface area contributed by atoms with Gasteiger partial charge in [0.1, 0.15) is 5.82 Å². The normalized spacial score (nSPS) is 12.0. The number of sulfone groups is 1. The van der Waals surface area contributed by atoms with Crippen molar-refractivity contribution in [1.29, 1.82) is 5.26 Å². The van der Waals surface area contributed by atoms with Gasteiger partial charge in [-0.2, -0.15) is 10.2 Å². The molecule has 0 saturated carbocycles. The van der Waals surface area contributed by atoms with Crippen molar-refractivity contribution in [3.8, 4) is 23.1 Å². The first-order valence-electron chi connectivity index (χ1n) is 13.4. The van der Waals surface area contributed by atoms with E-state index in [0.717, 1.165) is 6.42 Å². The molecule has 0 amide bonds. The topological polar surface area (TPSA) is 152 Å². The molecule has 1 unspecified atom stereocenters. The number of carbonyl (C=O) groups excluding carboxylic acids is 1. The van der Waals surface area contributed by atoms with E-state index in [0.29, 0.717) is 41.5 Å². The molecule has 0 spiro atoms. The Labute approximate surface area is 243 Å². The number of unbranched alkanes of at least 4 members (excludes halogenated alkanes) is 1. The zero-order valence-electron chi connectivity index (χ0n) is 23.4. The molecular formula is C31H30N4O6S. The SMILES string of the molecule is CCCCc1nc(=O)c(S(=O)(=O)c2ccc(-c3ccccc3C(=O)OC)cn2)c(O)n1C(CC)c1cccc(C#N)c1. The van der Waals surface area contributed by atoms with Crippen LogP contribution in [0.25, 0.3) is 11.1 Å². The van der Waals surface area contributed by atoms with Gasteiger partial charge < -0.3 is 9.84 Å². The molecule has 1 atom stereocenters. The average Bonchev–Trinajstić information content (AvgIpc) is 3.01. The molecule has 0 aliphatic rings. The highest BCUT2D eigenvalue weighted by atomic mass is 32.2. The fourth-order valence-electron chi connectivity index (χ4n) is 4.83. The second-order valence-electron chi connectivity index (χ2n) is 9.55. The lowest BCUT2D eigenvalue weighted by Crippen LogP contribution is -2.27. The summed E-state index contributed by atoms with van der Waals surface area (Å²) in [6, 6.07) is 17.6. The van der Waals surface area contributed by atoms with Crippen molar-refractivity contribution < 1.29 is 23.1 Å². The molecule has 0 bridgehead atoms. The van der Waals surface area contributed by atoms with Crippen LogP contribution in [0.5, 0.6) is 5.88 Å². The van der Waals surface area contributed by atoms with Gasteiger partial charge in [0.05, 0.1) is 30.3 Å². The number of ether oxygens (including phenoxy) is 1. The first-order chi connectivity index (χ1) is 20.2. The number of methoxy groups -OCH3 is 1. The van der Waals surface area contributed by atoms with Crippen molar-refractivity contribution in [3.63, 3.8) is 0 Å². The van der Waals surface area contributed by atoms with Gasteiger partial charge in [-0.25, -0.2) is 18.2 Å². The van der Waals surface area contributed by atoms with Crippen LogP contribution in [-0.2, 0) is 21.0 Å². The Hall–Kier alpha value is -4.82. The molecular weight excluding hydrogens is 556 g/mol. The van der Waals surface area contributed by atoms with Crippen molar-refractivity contribution in [2.45, 2.75) is 55.5 Å². The van der Waals surface area contributed by atoms with Crippen molar-refractivity contribution >= 4 is 15.8 Å². The zero-order chi connectivity index (χ0) is 30.4. The van der Waals surface area contributed by atoms with Crippen LogP contribution in [0.1, 0.15) is 66.5 Å². The summed E-state index contributed by atoms with van der Waals surface area (Å²) in [5.74, 6) is -1.06. The molecule has 42 heavy (non-hydrogen) atoms. The second kappa shape index (κ2) is 12.8. The molecule has 1 N–H and O–H groups in total. The lowest BCUT2D eigenvalue weighted by molar-refractivity contribution is 0.0601. The summed E-state index contributed by atoms with van der Waals surface area (Å²) in [5, 5.41) is 20.4. The molecule has 4 aromatic rings. The molecule has 0 aliphatic carbocycles. The van der Waals surface area contributed by atoms with Gasteiger partial charge in [0, 0.05) is 18.2 Å². The van der Waals surface area contributed by atoms with Crippen LogP contribution < -0.4 is 5.56 Å². The highest BCUT2D eigenvalue weighted by Gasteiger charge is 2.33. The number of esters is 1. The Morgan fingerprint density at radius 2 is 1.88 bits per heavy atom. The van der Waals surface area contributed by atoms with E-state index >= 15 is 0 Å². The Morgan fingerprint density at radius 3 is 2.52 bits per heavy atom. The van der Waals surface area contributed by atoms with E-state index in [-0.39, 0.29) is 11.4 Å². The molecule has 11 heteroatoms. The third-order valence-corrected chi connectivity index (χ3v) is 8.60. The molecule has 0 fully saturated rings. The number of nitriles is 1. The number of pyridine rings is 1. The number of aromatic hydroxyl groups is 1. The highest BCUT2D eigenvalue weighted by molar-refractivity contribution is 7.91. The summed E-state index contributed by atoms with van der Waals surface area (Å²) in [6.07, 6.45) is 3.46. The average molecular weight is 587 g/mol. The Bertz CT molecular complexity index is 1830. The van der Waals surface area contributed by atoms with Crippen molar-refractivity contribution in [3.05, 3.63) is 99.7 Å². The maximum absolute atomic E-state index is 13.8. The summed E-state index contributed by atoms with van der Waals surface area (Å²) >= 11 is 0. The minimum absolute atomic E-state index is 0.246. The smallest absolute Gasteiger partial charge is 0.338 e. The summed E-state index contributed by atoms with van der Waals surface area (Å²) in [6.45, 7) is 3.82. The van der Waals surface area contributed by atoms with Gasteiger partial charge in [-0.1, -0.05) is 50.6 Å². The van der Waals surface area contributed by atoms with E-state index in [1.165, 1.54) is 30.0 Å². The number of rotatable bonds is 10. The van der Waals surface area contributed by atoms with Gasteiger partial charge in [0.15, 0.2) is 5.03 Å². The lowest BCUT2D eigenvalue weighted by atomic mass is 10.0. The van der Waals surface area contributed by atoms with E-state index in [1.54, 1.807) is 48.5 Å². The zero-order valence-corrected chi connectivity index (χ0v) is 24.3. The summed E-state index contributed by atoms with van der Waals surface area (Å²) in [7, 11) is -3.37. The number of carbonyl (C=O) groups is 1. The van der Waals surface area contributed by atoms with Crippen LogP contribution >= 0.6 is 0 Å². The predicted molar refractivity (Wildman–Crippen MR) is 155 cm³/mol. The fourth-order valence-corrected chi connectivity index (χ4v) is 6.09. The summed E-state index contributed by atoms with van der Waals surface area (Å²) < 4.78 is 33.8. The summed E-state index contributed by atoms with van der Waals surface area (Å²) in [4.78, 5) is 32.8. The maximum Gasteiger partial charge on any atom is 0.338 e. The maximum atomic E-state index is 13.8. The van der Waals surface area contributed by atoms with Gasteiger partial charge in [0.25, 0.3) is 5.56 Å². The standard InChI is InChI=1S/C31H30N4O6S/c1-4-6-14-26-34-29(36)28(30(37)35(26)25(5-2)21-11-9-10-20(17-21)18-32)42(39,40)27-16-15-22(19-33-27)23-12-7-8-13-24(23)31(38)41-3/h7-13,15-17,19,25,37H,4-6,14H2,1-3H3. The minimum atomic E-state index is -4.63. The van der Waals surface area contributed by atoms with E-state index in [2.05, 4.69) is 16.0 Å². The fraction of sp³-hybridized carbons (Fsp3) is 0.258. The number of hydrogen-bond acceptors (Lipinski definition) is 9. The monoisotopic (exact) mass is 586 g/mol. The number of aryl methyl sites for hydroxylation is 1. The van der Waals surface area contributed by atoms with E-state index in [9.17, 15) is 28.4 Å². The quantitative estimate of drug-likeness (QED) is 0.257. The van der Waals surface area contributed by atoms with Crippen LogP contribution in [0.15, 0.2) is 81.6 Å².